The molecule has 1 aliphatic heterocycles. The van der Waals surface area contributed by atoms with Crippen LogP contribution in [0, 0.1) is 0 Å². The lowest BCUT2D eigenvalue weighted by Crippen LogP contribution is -2.27. The molecule has 1 atom stereocenters. The lowest BCUT2D eigenvalue weighted by molar-refractivity contribution is 0.0526. The number of nitrogens with zero attached hydrogens (tertiary/aromatic N) is 2. The second-order valence-corrected chi connectivity index (χ2v) is 7.55. The van der Waals surface area contributed by atoms with Crippen LogP contribution in [0.15, 0.2) is 66.7 Å². The molecule has 156 valence electrons. The number of benzene rings is 3. The molecule has 2 heterocycles. The van der Waals surface area contributed by atoms with Crippen LogP contribution in [0.4, 0.5) is 5.95 Å². The van der Waals surface area contributed by atoms with Gasteiger partial charge in [-0.3, -0.25) is 0 Å². The smallest absolute Gasteiger partial charge is 0.338 e. The van der Waals surface area contributed by atoms with Gasteiger partial charge in [-0.05, 0) is 48.4 Å². The first-order valence-corrected chi connectivity index (χ1v) is 10.3. The fourth-order valence-electron chi connectivity index (χ4n) is 4.14. The summed E-state index contributed by atoms with van der Waals surface area (Å²) >= 11 is 0. The summed E-state index contributed by atoms with van der Waals surface area (Å²) in [6, 6.07) is 21.5. The molecule has 5 rings (SSSR count). The molecule has 1 unspecified atom stereocenters. The van der Waals surface area contributed by atoms with E-state index < -0.39 is 0 Å². The van der Waals surface area contributed by atoms with Crippen LogP contribution in [-0.4, -0.2) is 29.6 Å². The molecule has 6 heteroatoms. The van der Waals surface area contributed by atoms with Gasteiger partial charge in [-0.15, -0.1) is 0 Å². The summed E-state index contributed by atoms with van der Waals surface area (Å²) in [6.07, 6.45) is 0. The number of anilines is 1. The Balaban J connectivity index is 1.67. The van der Waals surface area contributed by atoms with E-state index in [1.807, 2.05) is 55.6 Å². The van der Waals surface area contributed by atoms with Gasteiger partial charge < -0.3 is 19.4 Å². The number of carbonyl (C=O) groups excluding carboxylic acids is 1. The quantitative estimate of drug-likeness (QED) is 0.484. The molecular weight excluding hydrogens is 390 g/mol. The van der Waals surface area contributed by atoms with E-state index in [1.54, 1.807) is 13.0 Å². The van der Waals surface area contributed by atoms with Crippen LogP contribution in [0.5, 0.6) is 5.75 Å². The number of hydrogen-bond acceptors (Lipinski definition) is 5. The van der Waals surface area contributed by atoms with Gasteiger partial charge in [0, 0.05) is 12.6 Å². The van der Waals surface area contributed by atoms with Crippen LogP contribution in [0.1, 0.15) is 40.0 Å². The lowest BCUT2D eigenvalue weighted by atomic mass is 9.93. The number of aromatic amines is 1. The molecule has 1 N–H and O–H groups in total. The number of nitrogens with one attached hydrogen (secondary N) is 1. The third-order valence-corrected chi connectivity index (χ3v) is 5.65. The first-order chi connectivity index (χ1) is 15.2. The standard InChI is InChI=1S/C25H23N3O3/c1-3-30-24(29)16-12-13-22-19(14-16)23(18-9-5-4-8-17(18)15-31-22)28(2)25-26-20-10-6-7-11-21(20)27-25/h4-14,23H,3,15H2,1-2H3,(H,26,27). The van der Waals surface area contributed by atoms with Crippen molar-refractivity contribution in [2.75, 3.05) is 18.6 Å². The van der Waals surface area contributed by atoms with Gasteiger partial charge in [0.2, 0.25) is 5.95 Å². The molecule has 0 saturated carbocycles. The van der Waals surface area contributed by atoms with Crippen molar-refractivity contribution >= 4 is 23.0 Å². The van der Waals surface area contributed by atoms with Crippen LogP contribution < -0.4 is 9.64 Å². The third-order valence-electron chi connectivity index (χ3n) is 5.65. The lowest BCUT2D eigenvalue weighted by Gasteiger charge is -2.29. The molecule has 0 bridgehead atoms. The first kappa shape index (κ1) is 19.2. The maximum atomic E-state index is 12.4. The van der Waals surface area contributed by atoms with Crippen LogP contribution in [-0.2, 0) is 11.3 Å². The molecule has 0 aliphatic carbocycles. The number of carbonyl (C=O) groups is 1. The number of para-hydroxylation sites is 2. The van der Waals surface area contributed by atoms with Crippen molar-refractivity contribution < 1.29 is 14.3 Å². The molecule has 31 heavy (non-hydrogen) atoms. The molecule has 0 fully saturated rings. The predicted molar refractivity (Wildman–Crippen MR) is 120 cm³/mol. The summed E-state index contributed by atoms with van der Waals surface area (Å²) in [6.45, 7) is 2.60. The maximum absolute atomic E-state index is 12.4. The van der Waals surface area contributed by atoms with Crippen LogP contribution in [0.25, 0.3) is 11.0 Å². The van der Waals surface area contributed by atoms with Gasteiger partial charge >= 0.3 is 5.97 Å². The molecule has 6 nitrogen and oxygen atoms in total. The Bertz CT molecular complexity index is 1230. The summed E-state index contributed by atoms with van der Waals surface area (Å²) in [5, 5.41) is 0. The Labute approximate surface area is 180 Å². The van der Waals surface area contributed by atoms with Gasteiger partial charge in [0.05, 0.1) is 29.2 Å². The highest BCUT2D eigenvalue weighted by molar-refractivity contribution is 5.90. The number of rotatable bonds is 4. The number of ether oxygens (including phenoxy) is 2. The molecule has 3 aromatic carbocycles. The fraction of sp³-hybridized carbons (Fsp3) is 0.200. The minimum absolute atomic E-state index is 0.191. The average molecular weight is 413 g/mol. The number of H-pyrrole nitrogens is 1. The summed E-state index contributed by atoms with van der Waals surface area (Å²) in [5.74, 6) is 1.15. The van der Waals surface area contributed by atoms with Crippen molar-refractivity contribution in [2.45, 2.75) is 19.6 Å². The van der Waals surface area contributed by atoms with E-state index in [-0.39, 0.29) is 12.0 Å². The number of imidazole rings is 1. The van der Waals surface area contributed by atoms with E-state index >= 15 is 0 Å². The topological polar surface area (TPSA) is 67.5 Å². The second kappa shape index (κ2) is 7.80. The van der Waals surface area contributed by atoms with Crippen molar-refractivity contribution in [3.63, 3.8) is 0 Å². The first-order valence-electron chi connectivity index (χ1n) is 10.3. The van der Waals surface area contributed by atoms with Crippen molar-refractivity contribution in [3.8, 4) is 5.75 Å². The number of esters is 1. The summed E-state index contributed by atoms with van der Waals surface area (Å²) in [7, 11) is 2.01. The van der Waals surface area contributed by atoms with E-state index in [2.05, 4.69) is 22.0 Å². The van der Waals surface area contributed by atoms with Gasteiger partial charge in [-0.25, -0.2) is 9.78 Å². The second-order valence-electron chi connectivity index (χ2n) is 7.55. The molecule has 0 saturated heterocycles. The zero-order valence-corrected chi connectivity index (χ0v) is 17.5. The van der Waals surface area contributed by atoms with Gasteiger partial charge in [-0.2, -0.15) is 0 Å². The highest BCUT2D eigenvalue weighted by atomic mass is 16.5. The van der Waals surface area contributed by atoms with Crippen LogP contribution >= 0.6 is 0 Å². The molecule has 0 spiro atoms. The van der Waals surface area contributed by atoms with Crippen molar-refractivity contribution in [1.29, 1.82) is 0 Å². The molecule has 4 aromatic rings. The Kier molecular flexibility index (Phi) is 4.82. The monoisotopic (exact) mass is 413 g/mol. The van der Waals surface area contributed by atoms with Gasteiger partial charge in [0.15, 0.2) is 0 Å². The largest absolute Gasteiger partial charge is 0.489 e. The van der Waals surface area contributed by atoms with E-state index in [0.29, 0.717) is 18.8 Å². The van der Waals surface area contributed by atoms with E-state index in [1.165, 1.54) is 0 Å². The van der Waals surface area contributed by atoms with E-state index in [4.69, 9.17) is 14.5 Å². The van der Waals surface area contributed by atoms with Crippen molar-refractivity contribution in [2.24, 2.45) is 0 Å². The fourth-order valence-corrected chi connectivity index (χ4v) is 4.14. The molecule has 1 aliphatic rings. The number of aromatic nitrogens is 2. The Hall–Kier alpha value is -3.80. The number of fused-ring (bicyclic) bond motifs is 3. The van der Waals surface area contributed by atoms with Crippen molar-refractivity contribution in [1.82, 2.24) is 9.97 Å². The Morgan fingerprint density at radius 1 is 1.13 bits per heavy atom. The summed E-state index contributed by atoms with van der Waals surface area (Å²) < 4.78 is 11.4. The van der Waals surface area contributed by atoms with E-state index in [0.717, 1.165) is 39.4 Å². The van der Waals surface area contributed by atoms with Crippen molar-refractivity contribution in [3.05, 3.63) is 89.0 Å². The summed E-state index contributed by atoms with van der Waals surface area (Å²) in [5.41, 5.74) is 5.51. The van der Waals surface area contributed by atoms with Gasteiger partial charge in [0.25, 0.3) is 0 Å². The Morgan fingerprint density at radius 2 is 1.94 bits per heavy atom. The molecule has 0 amide bonds. The molecule has 1 aromatic heterocycles. The zero-order valence-electron chi connectivity index (χ0n) is 17.5. The Morgan fingerprint density at radius 3 is 2.77 bits per heavy atom. The predicted octanol–water partition coefficient (Wildman–Crippen LogP) is 4.86. The molecule has 0 radical (unpaired) electrons. The highest BCUT2D eigenvalue weighted by Gasteiger charge is 2.30. The average Bonchev–Trinajstić information content (AvgIpc) is 3.16. The zero-order chi connectivity index (χ0) is 21.4. The highest BCUT2D eigenvalue weighted by Crippen LogP contribution is 2.41. The van der Waals surface area contributed by atoms with Gasteiger partial charge in [0.1, 0.15) is 12.4 Å². The third kappa shape index (κ3) is 3.40. The SMILES string of the molecule is CCOC(=O)c1ccc2c(c1)C(N(C)c1nc3ccccc3[nH]1)c1ccccc1CO2. The minimum Gasteiger partial charge on any atom is -0.489 e. The minimum atomic E-state index is -0.340. The molecular formula is C25H23N3O3. The van der Waals surface area contributed by atoms with Crippen LogP contribution in [0.2, 0.25) is 0 Å². The van der Waals surface area contributed by atoms with Gasteiger partial charge in [-0.1, -0.05) is 36.4 Å². The number of hydrogen-bond donors (Lipinski definition) is 1. The summed E-state index contributed by atoms with van der Waals surface area (Å²) in [4.78, 5) is 22.7. The normalized spacial score (nSPS) is 14.8. The van der Waals surface area contributed by atoms with E-state index in [9.17, 15) is 4.79 Å². The maximum Gasteiger partial charge on any atom is 0.338 e. The van der Waals surface area contributed by atoms with Crippen LogP contribution in [0.3, 0.4) is 0 Å².